The minimum Gasteiger partial charge on any atom is -0.508 e. The van der Waals surface area contributed by atoms with Gasteiger partial charge in [0.1, 0.15) is 11.8 Å². The van der Waals surface area contributed by atoms with Crippen molar-refractivity contribution in [1.82, 2.24) is 4.90 Å². The summed E-state index contributed by atoms with van der Waals surface area (Å²) in [6, 6.07) is 3.96. The van der Waals surface area contributed by atoms with Gasteiger partial charge in [-0.2, -0.15) is 0 Å². The molecule has 2 N–H and O–H groups in total. The topological polar surface area (TPSA) is 77.8 Å². The Morgan fingerprint density at radius 3 is 2.74 bits per heavy atom. The second-order valence-electron chi connectivity index (χ2n) is 4.80. The second kappa shape index (κ2) is 5.30. The molecule has 0 spiro atoms. The van der Waals surface area contributed by atoms with Gasteiger partial charge in [0.15, 0.2) is 0 Å². The largest absolute Gasteiger partial charge is 0.508 e. The van der Waals surface area contributed by atoms with E-state index in [2.05, 4.69) is 0 Å². The highest BCUT2D eigenvalue weighted by molar-refractivity contribution is 5.98. The molecule has 1 aromatic rings. The Morgan fingerprint density at radius 2 is 2.05 bits per heavy atom. The summed E-state index contributed by atoms with van der Waals surface area (Å²) in [7, 11) is 0. The number of hydrogen-bond donors (Lipinski definition) is 2. The maximum atomic E-state index is 12.4. The molecule has 1 unspecified atom stereocenters. The summed E-state index contributed by atoms with van der Waals surface area (Å²) in [5.41, 5.74) is 0.857. The molecule has 102 valence electrons. The van der Waals surface area contributed by atoms with Crippen molar-refractivity contribution in [2.45, 2.75) is 32.2 Å². The molecule has 0 radical (unpaired) electrons. The number of rotatable bonds is 2. The number of carbonyl (C=O) groups is 2. The van der Waals surface area contributed by atoms with E-state index in [0.29, 0.717) is 24.1 Å². The summed E-state index contributed by atoms with van der Waals surface area (Å²) < 4.78 is 0. The number of nitrogens with zero attached hydrogens (tertiary/aromatic N) is 1. The highest BCUT2D eigenvalue weighted by Crippen LogP contribution is 2.24. The van der Waals surface area contributed by atoms with E-state index in [1.807, 2.05) is 0 Å². The van der Waals surface area contributed by atoms with E-state index in [1.165, 1.54) is 11.0 Å². The number of benzene rings is 1. The van der Waals surface area contributed by atoms with E-state index in [9.17, 15) is 19.8 Å². The van der Waals surface area contributed by atoms with Crippen LogP contribution in [-0.2, 0) is 4.79 Å². The Hall–Kier alpha value is -2.04. The minimum absolute atomic E-state index is 0.0507. The Balaban J connectivity index is 2.31. The van der Waals surface area contributed by atoms with Crippen molar-refractivity contribution in [2.24, 2.45) is 0 Å². The van der Waals surface area contributed by atoms with Gasteiger partial charge < -0.3 is 15.1 Å². The van der Waals surface area contributed by atoms with Gasteiger partial charge >= 0.3 is 5.97 Å². The molecular formula is C14H17NO4. The smallest absolute Gasteiger partial charge is 0.326 e. The van der Waals surface area contributed by atoms with Crippen molar-refractivity contribution in [3.63, 3.8) is 0 Å². The predicted octanol–water partition coefficient (Wildman–Crippen LogP) is 1.78. The van der Waals surface area contributed by atoms with Gasteiger partial charge in [0.2, 0.25) is 0 Å². The molecule has 1 saturated heterocycles. The lowest BCUT2D eigenvalue weighted by Gasteiger charge is -2.33. The van der Waals surface area contributed by atoms with Crippen molar-refractivity contribution < 1.29 is 19.8 Å². The van der Waals surface area contributed by atoms with E-state index in [4.69, 9.17) is 0 Å². The van der Waals surface area contributed by atoms with Crippen LogP contribution in [0.15, 0.2) is 18.2 Å². The number of aromatic hydroxyl groups is 1. The molecule has 19 heavy (non-hydrogen) atoms. The lowest BCUT2D eigenvalue weighted by molar-refractivity contribution is -0.143. The zero-order valence-electron chi connectivity index (χ0n) is 10.8. The highest BCUT2D eigenvalue weighted by atomic mass is 16.4. The molecular weight excluding hydrogens is 246 g/mol. The molecule has 0 saturated carbocycles. The first-order valence-corrected chi connectivity index (χ1v) is 6.34. The number of carboxylic acid groups (broad SMARTS) is 1. The van der Waals surface area contributed by atoms with Crippen molar-refractivity contribution in [3.8, 4) is 5.75 Å². The monoisotopic (exact) mass is 263 g/mol. The first kappa shape index (κ1) is 13.4. The van der Waals surface area contributed by atoms with Crippen molar-refractivity contribution in [1.29, 1.82) is 0 Å². The SMILES string of the molecule is Cc1c(O)cccc1C(=O)N1CCCCC1C(=O)O. The van der Waals surface area contributed by atoms with Crippen LogP contribution in [0.4, 0.5) is 0 Å². The lowest BCUT2D eigenvalue weighted by atomic mass is 9.99. The van der Waals surface area contributed by atoms with Gasteiger partial charge in [0, 0.05) is 17.7 Å². The Bertz CT molecular complexity index is 512. The predicted molar refractivity (Wildman–Crippen MR) is 69.2 cm³/mol. The number of phenols is 1. The molecule has 1 amide bonds. The summed E-state index contributed by atoms with van der Waals surface area (Å²) in [4.78, 5) is 25.0. The normalized spacial score (nSPS) is 19.2. The molecule has 1 aliphatic rings. The molecule has 1 aliphatic heterocycles. The van der Waals surface area contributed by atoms with Crippen LogP contribution in [0.25, 0.3) is 0 Å². The zero-order chi connectivity index (χ0) is 14.0. The first-order chi connectivity index (χ1) is 9.02. The fourth-order valence-corrected chi connectivity index (χ4v) is 2.44. The number of piperidine rings is 1. The van der Waals surface area contributed by atoms with Crippen molar-refractivity contribution in [2.75, 3.05) is 6.54 Å². The van der Waals surface area contributed by atoms with Crippen LogP contribution in [0.2, 0.25) is 0 Å². The van der Waals surface area contributed by atoms with E-state index in [0.717, 1.165) is 12.8 Å². The fourth-order valence-electron chi connectivity index (χ4n) is 2.44. The zero-order valence-corrected chi connectivity index (χ0v) is 10.8. The standard InChI is InChI=1S/C14H17NO4/c1-9-10(5-4-7-12(9)16)13(17)15-8-3-2-6-11(15)14(18)19/h4-5,7,11,16H,2-3,6,8H2,1H3,(H,18,19). The molecule has 2 rings (SSSR count). The van der Waals surface area contributed by atoms with Crippen molar-refractivity contribution in [3.05, 3.63) is 29.3 Å². The van der Waals surface area contributed by atoms with Gasteiger partial charge in [-0.25, -0.2) is 4.79 Å². The Kier molecular flexibility index (Phi) is 3.74. The third-order valence-electron chi connectivity index (χ3n) is 3.58. The third-order valence-corrected chi connectivity index (χ3v) is 3.58. The average molecular weight is 263 g/mol. The maximum Gasteiger partial charge on any atom is 0.326 e. The van der Waals surface area contributed by atoms with E-state index < -0.39 is 12.0 Å². The molecule has 5 nitrogen and oxygen atoms in total. The summed E-state index contributed by atoms with van der Waals surface area (Å²) in [6.07, 6.45) is 2.12. The highest BCUT2D eigenvalue weighted by Gasteiger charge is 2.33. The Labute approximate surface area is 111 Å². The number of amides is 1. The molecule has 5 heteroatoms. The van der Waals surface area contributed by atoms with Crippen LogP contribution in [0.1, 0.15) is 35.2 Å². The average Bonchev–Trinajstić information content (AvgIpc) is 2.41. The number of carbonyl (C=O) groups excluding carboxylic acids is 1. The second-order valence-corrected chi connectivity index (χ2v) is 4.80. The summed E-state index contributed by atoms with van der Waals surface area (Å²) >= 11 is 0. The first-order valence-electron chi connectivity index (χ1n) is 6.34. The molecule has 1 fully saturated rings. The van der Waals surface area contributed by atoms with Crippen LogP contribution in [-0.4, -0.2) is 39.6 Å². The molecule has 1 aromatic carbocycles. The van der Waals surface area contributed by atoms with E-state index in [1.54, 1.807) is 19.1 Å². The van der Waals surface area contributed by atoms with Gasteiger partial charge in [-0.05, 0) is 38.3 Å². The number of phenolic OH excluding ortho intramolecular Hbond substituents is 1. The summed E-state index contributed by atoms with van der Waals surface area (Å²) in [5.74, 6) is -1.24. The quantitative estimate of drug-likeness (QED) is 0.852. The van der Waals surface area contributed by atoms with Gasteiger partial charge in [-0.1, -0.05) is 6.07 Å². The maximum absolute atomic E-state index is 12.4. The van der Waals surface area contributed by atoms with E-state index >= 15 is 0 Å². The van der Waals surface area contributed by atoms with Crippen LogP contribution < -0.4 is 0 Å². The molecule has 0 aliphatic carbocycles. The molecule has 1 atom stereocenters. The van der Waals surface area contributed by atoms with Crippen molar-refractivity contribution >= 4 is 11.9 Å². The lowest BCUT2D eigenvalue weighted by Crippen LogP contribution is -2.48. The van der Waals surface area contributed by atoms with Gasteiger partial charge in [-0.3, -0.25) is 4.79 Å². The van der Waals surface area contributed by atoms with Crippen LogP contribution in [0.3, 0.4) is 0 Å². The van der Waals surface area contributed by atoms with Gasteiger partial charge in [-0.15, -0.1) is 0 Å². The number of likely N-dealkylation sites (tertiary alicyclic amines) is 1. The molecule has 1 heterocycles. The molecule has 0 bridgehead atoms. The van der Waals surface area contributed by atoms with Gasteiger partial charge in [0.25, 0.3) is 5.91 Å². The molecule has 0 aromatic heterocycles. The Morgan fingerprint density at radius 1 is 1.32 bits per heavy atom. The van der Waals surface area contributed by atoms with Crippen LogP contribution >= 0.6 is 0 Å². The fraction of sp³-hybridized carbons (Fsp3) is 0.429. The van der Waals surface area contributed by atoms with Crippen LogP contribution in [0, 0.1) is 6.92 Å². The number of carboxylic acids is 1. The number of aliphatic carboxylic acids is 1. The van der Waals surface area contributed by atoms with Crippen LogP contribution in [0.5, 0.6) is 5.75 Å². The number of hydrogen-bond acceptors (Lipinski definition) is 3. The van der Waals surface area contributed by atoms with Gasteiger partial charge in [0.05, 0.1) is 0 Å². The van der Waals surface area contributed by atoms with E-state index in [-0.39, 0.29) is 11.7 Å². The minimum atomic E-state index is -0.967. The summed E-state index contributed by atoms with van der Waals surface area (Å²) in [5, 5.41) is 18.8. The third kappa shape index (κ3) is 2.54. The summed E-state index contributed by atoms with van der Waals surface area (Å²) in [6.45, 7) is 2.10.